The molecule has 1 rings (SSSR count). The number of nitrogens with zero attached hydrogens (tertiary/aromatic N) is 2. The van der Waals surface area contributed by atoms with Crippen LogP contribution >= 0.6 is 0 Å². The second kappa shape index (κ2) is 8.44. The third-order valence-electron chi connectivity index (χ3n) is 2.65. The fourth-order valence-corrected chi connectivity index (χ4v) is 1.72. The molecule has 0 bridgehead atoms. The number of amides is 1. The van der Waals surface area contributed by atoms with E-state index in [1.54, 1.807) is 0 Å². The van der Waals surface area contributed by atoms with Crippen molar-refractivity contribution >= 4 is 11.7 Å². The third kappa shape index (κ3) is 4.43. The fourth-order valence-electron chi connectivity index (χ4n) is 1.72. The standard InChI is InChI=1S/C13H20FN3O3/c1-3-15-12-11(8-10(14)9-16-12)13(19)17(4-6-18)5-7-20-2/h8-9,18H,3-7H2,1-2H3,(H,15,16). The maximum atomic E-state index is 13.3. The number of hydrogen-bond acceptors (Lipinski definition) is 5. The van der Waals surface area contributed by atoms with Crippen LogP contribution in [0.25, 0.3) is 0 Å². The molecule has 1 amide bonds. The Morgan fingerprint density at radius 2 is 2.30 bits per heavy atom. The Kier molecular flexibility index (Phi) is 6.89. The molecular weight excluding hydrogens is 265 g/mol. The molecule has 0 aromatic carbocycles. The Morgan fingerprint density at radius 3 is 2.90 bits per heavy atom. The number of nitrogens with one attached hydrogen (secondary N) is 1. The van der Waals surface area contributed by atoms with E-state index < -0.39 is 5.82 Å². The summed E-state index contributed by atoms with van der Waals surface area (Å²) in [5, 5.41) is 11.9. The molecule has 1 aromatic heterocycles. The summed E-state index contributed by atoms with van der Waals surface area (Å²) in [4.78, 5) is 17.7. The number of carbonyl (C=O) groups is 1. The minimum absolute atomic E-state index is 0.149. The number of halogens is 1. The van der Waals surface area contributed by atoms with Crippen LogP contribution in [-0.2, 0) is 4.74 Å². The first-order valence-electron chi connectivity index (χ1n) is 6.42. The van der Waals surface area contributed by atoms with Gasteiger partial charge in [-0.3, -0.25) is 4.79 Å². The van der Waals surface area contributed by atoms with Gasteiger partial charge in [0.05, 0.1) is 25.0 Å². The molecule has 0 saturated heterocycles. The van der Waals surface area contributed by atoms with Gasteiger partial charge in [-0.1, -0.05) is 0 Å². The summed E-state index contributed by atoms with van der Waals surface area (Å²) in [6.45, 7) is 3.06. The number of aromatic nitrogens is 1. The molecule has 0 unspecified atom stereocenters. The molecule has 6 nitrogen and oxygen atoms in total. The molecule has 7 heteroatoms. The van der Waals surface area contributed by atoms with Crippen molar-refractivity contribution in [1.82, 2.24) is 9.88 Å². The number of anilines is 1. The predicted octanol–water partition coefficient (Wildman–Crippen LogP) is 0.733. The first kappa shape index (κ1) is 16.3. The van der Waals surface area contributed by atoms with E-state index in [1.807, 2.05) is 6.92 Å². The Hall–Kier alpha value is -1.73. The van der Waals surface area contributed by atoms with Crippen LogP contribution < -0.4 is 5.32 Å². The van der Waals surface area contributed by atoms with Crippen LogP contribution in [0.5, 0.6) is 0 Å². The monoisotopic (exact) mass is 285 g/mol. The summed E-state index contributed by atoms with van der Waals surface area (Å²) in [6.07, 6.45) is 1.06. The minimum Gasteiger partial charge on any atom is -0.395 e. The summed E-state index contributed by atoms with van der Waals surface area (Å²) in [5.41, 5.74) is 0.149. The summed E-state index contributed by atoms with van der Waals surface area (Å²) in [6, 6.07) is 1.14. The summed E-state index contributed by atoms with van der Waals surface area (Å²) < 4.78 is 18.2. The second-order valence-electron chi connectivity index (χ2n) is 4.09. The molecule has 0 radical (unpaired) electrons. The number of ether oxygens (including phenoxy) is 1. The molecule has 0 fully saturated rings. The molecule has 2 N–H and O–H groups in total. The highest BCUT2D eigenvalue weighted by atomic mass is 19.1. The van der Waals surface area contributed by atoms with Crippen molar-refractivity contribution < 1.29 is 19.0 Å². The van der Waals surface area contributed by atoms with Gasteiger partial charge in [-0.15, -0.1) is 0 Å². The molecule has 0 aliphatic rings. The maximum absolute atomic E-state index is 13.3. The zero-order valence-electron chi connectivity index (χ0n) is 11.7. The first-order chi connectivity index (χ1) is 9.63. The van der Waals surface area contributed by atoms with E-state index in [-0.39, 0.29) is 24.6 Å². The lowest BCUT2D eigenvalue weighted by Crippen LogP contribution is -2.36. The molecule has 1 heterocycles. The van der Waals surface area contributed by atoms with Crippen molar-refractivity contribution in [2.75, 3.05) is 45.3 Å². The van der Waals surface area contributed by atoms with E-state index in [2.05, 4.69) is 10.3 Å². The van der Waals surface area contributed by atoms with Gasteiger partial charge in [0.2, 0.25) is 0 Å². The number of methoxy groups -OCH3 is 1. The average Bonchev–Trinajstić information content (AvgIpc) is 2.45. The summed E-state index contributed by atoms with van der Waals surface area (Å²) >= 11 is 0. The smallest absolute Gasteiger partial charge is 0.257 e. The molecule has 0 saturated carbocycles. The number of carbonyl (C=O) groups excluding carboxylic acids is 1. The molecule has 0 atom stereocenters. The Balaban J connectivity index is 2.99. The Labute approximate surface area is 117 Å². The van der Waals surface area contributed by atoms with Crippen LogP contribution in [0.15, 0.2) is 12.3 Å². The van der Waals surface area contributed by atoms with Gasteiger partial charge in [0, 0.05) is 26.7 Å². The van der Waals surface area contributed by atoms with Gasteiger partial charge in [0.1, 0.15) is 11.6 Å². The van der Waals surface area contributed by atoms with Crippen LogP contribution in [0.2, 0.25) is 0 Å². The summed E-state index contributed by atoms with van der Waals surface area (Å²) in [5.74, 6) is -0.635. The highest BCUT2D eigenvalue weighted by molar-refractivity contribution is 5.98. The van der Waals surface area contributed by atoms with Crippen molar-refractivity contribution in [3.63, 3.8) is 0 Å². The highest BCUT2D eigenvalue weighted by Crippen LogP contribution is 2.16. The minimum atomic E-state index is -0.578. The maximum Gasteiger partial charge on any atom is 0.257 e. The van der Waals surface area contributed by atoms with Crippen molar-refractivity contribution in [3.05, 3.63) is 23.6 Å². The lowest BCUT2D eigenvalue weighted by molar-refractivity contribution is 0.0656. The van der Waals surface area contributed by atoms with Crippen LogP contribution in [0.4, 0.5) is 10.2 Å². The van der Waals surface area contributed by atoms with E-state index >= 15 is 0 Å². The second-order valence-corrected chi connectivity index (χ2v) is 4.09. The van der Waals surface area contributed by atoms with Crippen LogP contribution in [0.3, 0.4) is 0 Å². The first-order valence-corrected chi connectivity index (χ1v) is 6.42. The molecular formula is C13H20FN3O3. The molecule has 0 aliphatic carbocycles. The van der Waals surface area contributed by atoms with E-state index in [4.69, 9.17) is 9.84 Å². The van der Waals surface area contributed by atoms with E-state index in [1.165, 1.54) is 12.0 Å². The average molecular weight is 285 g/mol. The number of pyridine rings is 1. The van der Waals surface area contributed by atoms with E-state index in [0.29, 0.717) is 25.5 Å². The van der Waals surface area contributed by atoms with Crippen LogP contribution in [0, 0.1) is 5.82 Å². The molecule has 0 aliphatic heterocycles. The number of hydrogen-bond donors (Lipinski definition) is 2. The Bertz CT molecular complexity index is 443. The van der Waals surface area contributed by atoms with Crippen molar-refractivity contribution in [3.8, 4) is 0 Å². The van der Waals surface area contributed by atoms with Gasteiger partial charge in [-0.2, -0.15) is 0 Å². The normalized spacial score (nSPS) is 10.4. The third-order valence-corrected chi connectivity index (χ3v) is 2.65. The lowest BCUT2D eigenvalue weighted by atomic mass is 10.2. The predicted molar refractivity (Wildman–Crippen MR) is 73.2 cm³/mol. The SMILES string of the molecule is CCNc1ncc(F)cc1C(=O)N(CCO)CCOC. The van der Waals surface area contributed by atoms with E-state index in [0.717, 1.165) is 12.3 Å². The lowest BCUT2D eigenvalue weighted by Gasteiger charge is -2.22. The highest BCUT2D eigenvalue weighted by Gasteiger charge is 2.20. The largest absolute Gasteiger partial charge is 0.395 e. The molecule has 0 spiro atoms. The Morgan fingerprint density at radius 1 is 1.55 bits per heavy atom. The van der Waals surface area contributed by atoms with Crippen LogP contribution in [-0.4, -0.2) is 60.9 Å². The quantitative estimate of drug-likeness (QED) is 0.736. The van der Waals surface area contributed by atoms with Gasteiger partial charge < -0.3 is 20.1 Å². The fraction of sp³-hybridized carbons (Fsp3) is 0.538. The van der Waals surface area contributed by atoms with Gasteiger partial charge in [-0.25, -0.2) is 9.37 Å². The van der Waals surface area contributed by atoms with Gasteiger partial charge >= 0.3 is 0 Å². The van der Waals surface area contributed by atoms with Gasteiger partial charge in [0.15, 0.2) is 0 Å². The van der Waals surface area contributed by atoms with Gasteiger partial charge in [0.25, 0.3) is 5.91 Å². The molecule has 112 valence electrons. The molecule has 1 aromatic rings. The zero-order valence-corrected chi connectivity index (χ0v) is 11.7. The number of rotatable bonds is 8. The van der Waals surface area contributed by atoms with E-state index in [9.17, 15) is 9.18 Å². The van der Waals surface area contributed by atoms with Crippen molar-refractivity contribution in [2.45, 2.75) is 6.92 Å². The number of aliphatic hydroxyl groups is 1. The van der Waals surface area contributed by atoms with Crippen molar-refractivity contribution in [1.29, 1.82) is 0 Å². The molecule has 20 heavy (non-hydrogen) atoms. The zero-order chi connectivity index (χ0) is 15.0. The summed E-state index contributed by atoms with van der Waals surface area (Å²) in [7, 11) is 1.52. The number of aliphatic hydroxyl groups excluding tert-OH is 1. The van der Waals surface area contributed by atoms with Gasteiger partial charge in [-0.05, 0) is 13.0 Å². The van der Waals surface area contributed by atoms with Crippen molar-refractivity contribution in [2.24, 2.45) is 0 Å². The topological polar surface area (TPSA) is 74.7 Å². The van der Waals surface area contributed by atoms with Crippen LogP contribution in [0.1, 0.15) is 17.3 Å².